The highest BCUT2D eigenvalue weighted by Crippen LogP contribution is 2.30. The molecule has 0 spiro atoms. The van der Waals surface area contributed by atoms with E-state index in [9.17, 15) is 4.79 Å². The Morgan fingerprint density at radius 3 is 2.69 bits per heavy atom. The van der Waals surface area contributed by atoms with Crippen molar-refractivity contribution in [3.63, 3.8) is 0 Å². The number of nitrogens with one attached hydrogen (secondary N) is 1. The van der Waals surface area contributed by atoms with Crippen molar-refractivity contribution >= 4 is 11.6 Å². The highest BCUT2D eigenvalue weighted by Gasteiger charge is 2.16. The number of ether oxygens (including phenoxy) is 2. The Kier molecular flexibility index (Phi) is 5.25. The highest BCUT2D eigenvalue weighted by molar-refractivity contribution is 6.04. The third kappa shape index (κ3) is 3.97. The van der Waals surface area contributed by atoms with E-state index in [4.69, 9.17) is 14.0 Å². The Morgan fingerprint density at radius 1 is 1.10 bits per heavy atom. The lowest BCUT2D eigenvalue weighted by atomic mass is 10.1. The lowest BCUT2D eigenvalue weighted by Crippen LogP contribution is -2.12. The van der Waals surface area contributed by atoms with E-state index in [1.165, 1.54) is 17.5 Å². The molecule has 0 saturated heterocycles. The van der Waals surface area contributed by atoms with Crippen LogP contribution in [0.15, 0.2) is 40.9 Å². The highest BCUT2D eigenvalue weighted by atomic mass is 16.5. The van der Waals surface area contributed by atoms with E-state index < -0.39 is 0 Å². The Hall–Kier alpha value is -3.28. The molecular weight excluding hydrogens is 368 g/mol. The number of carbonyl (C=O) groups is 1. The summed E-state index contributed by atoms with van der Waals surface area (Å²) in [6.07, 6.45) is 3.37. The molecule has 0 atom stereocenters. The predicted octanol–water partition coefficient (Wildman–Crippen LogP) is 4.62. The summed E-state index contributed by atoms with van der Waals surface area (Å²) in [5.74, 6) is 1.60. The molecular formula is C23H24N2O4. The van der Waals surface area contributed by atoms with Gasteiger partial charge in [0.25, 0.3) is 5.91 Å². The second-order valence-electron chi connectivity index (χ2n) is 7.25. The number of fused-ring (bicyclic) bond motifs is 1. The van der Waals surface area contributed by atoms with Crippen LogP contribution < -0.4 is 14.8 Å². The molecule has 2 aromatic carbocycles. The van der Waals surface area contributed by atoms with E-state index in [-0.39, 0.29) is 5.91 Å². The summed E-state index contributed by atoms with van der Waals surface area (Å²) in [5, 5.41) is 6.90. The first-order chi connectivity index (χ1) is 14.0. The molecule has 29 heavy (non-hydrogen) atoms. The van der Waals surface area contributed by atoms with Crippen LogP contribution in [0.3, 0.4) is 0 Å². The van der Waals surface area contributed by atoms with Gasteiger partial charge in [-0.15, -0.1) is 0 Å². The first kappa shape index (κ1) is 19.1. The summed E-state index contributed by atoms with van der Waals surface area (Å²) in [4.78, 5) is 12.7. The van der Waals surface area contributed by atoms with Gasteiger partial charge in [0.2, 0.25) is 0 Å². The van der Waals surface area contributed by atoms with Crippen LogP contribution in [0.25, 0.3) is 0 Å². The molecule has 0 saturated carbocycles. The van der Waals surface area contributed by atoms with Crippen LogP contribution in [0.5, 0.6) is 11.5 Å². The number of aromatic nitrogens is 1. The molecule has 1 aromatic heterocycles. The molecule has 1 aliphatic rings. The zero-order valence-electron chi connectivity index (χ0n) is 16.9. The summed E-state index contributed by atoms with van der Waals surface area (Å²) in [7, 11) is 1.56. The topological polar surface area (TPSA) is 73.6 Å². The number of hydrogen-bond acceptors (Lipinski definition) is 5. The molecule has 3 aromatic rings. The zero-order valence-corrected chi connectivity index (χ0v) is 16.9. The number of nitrogens with zero attached hydrogens (tertiary/aromatic N) is 1. The van der Waals surface area contributed by atoms with Crippen molar-refractivity contribution in [1.82, 2.24) is 5.16 Å². The molecule has 6 heteroatoms. The van der Waals surface area contributed by atoms with Crippen molar-refractivity contribution in [2.75, 3.05) is 12.4 Å². The van der Waals surface area contributed by atoms with E-state index in [1.807, 2.05) is 19.9 Å². The molecule has 1 heterocycles. The van der Waals surface area contributed by atoms with E-state index in [1.54, 1.807) is 25.3 Å². The van der Waals surface area contributed by atoms with Gasteiger partial charge in [0, 0.05) is 11.3 Å². The third-order valence-electron chi connectivity index (χ3n) is 5.34. The van der Waals surface area contributed by atoms with Gasteiger partial charge in [-0.25, -0.2) is 0 Å². The zero-order chi connectivity index (χ0) is 20.4. The van der Waals surface area contributed by atoms with Gasteiger partial charge in [-0.05, 0) is 74.6 Å². The standard InChI is InChI=1S/C23H24N2O4/c1-14-20(15(2)29-25-14)13-28-21-10-8-18(12-22(21)27-3)23(26)24-19-9-7-16-5-4-6-17(16)11-19/h7-12H,4-6,13H2,1-3H3,(H,24,26). The van der Waals surface area contributed by atoms with Crippen LogP contribution in [0.4, 0.5) is 5.69 Å². The van der Waals surface area contributed by atoms with E-state index in [0.29, 0.717) is 23.7 Å². The minimum atomic E-state index is -0.182. The maximum Gasteiger partial charge on any atom is 0.255 e. The summed E-state index contributed by atoms with van der Waals surface area (Å²) >= 11 is 0. The second-order valence-corrected chi connectivity index (χ2v) is 7.25. The van der Waals surface area contributed by atoms with Crippen LogP contribution in [-0.4, -0.2) is 18.2 Å². The summed E-state index contributed by atoms with van der Waals surface area (Å²) in [6.45, 7) is 4.04. The van der Waals surface area contributed by atoms with Crippen LogP contribution in [0, 0.1) is 13.8 Å². The van der Waals surface area contributed by atoms with Gasteiger partial charge in [-0.1, -0.05) is 11.2 Å². The summed E-state index contributed by atoms with van der Waals surface area (Å²) < 4.78 is 16.5. The van der Waals surface area contributed by atoms with Crippen molar-refractivity contribution in [1.29, 1.82) is 0 Å². The van der Waals surface area contributed by atoms with Crippen molar-refractivity contribution in [3.05, 3.63) is 70.1 Å². The van der Waals surface area contributed by atoms with Gasteiger partial charge in [-0.3, -0.25) is 4.79 Å². The van der Waals surface area contributed by atoms with Gasteiger partial charge >= 0.3 is 0 Å². The molecule has 0 fully saturated rings. The Balaban J connectivity index is 1.47. The first-order valence-electron chi connectivity index (χ1n) is 9.71. The Bertz CT molecular complexity index is 1040. The largest absolute Gasteiger partial charge is 0.493 e. The van der Waals surface area contributed by atoms with Gasteiger partial charge in [0.1, 0.15) is 12.4 Å². The molecule has 0 radical (unpaired) electrons. The average molecular weight is 392 g/mol. The molecule has 0 bridgehead atoms. The quantitative estimate of drug-likeness (QED) is 0.663. The monoisotopic (exact) mass is 392 g/mol. The molecule has 0 unspecified atom stereocenters. The fraction of sp³-hybridized carbons (Fsp3) is 0.304. The molecule has 4 rings (SSSR count). The normalized spacial score (nSPS) is 12.5. The van der Waals surface area contributed by atoms with Crippen LogP contribution in [-0.2, 0) is 19.4 Å². The first-order valence-corrected chi connectivity index (χ1v) is 9.71. The Morgan fingerprint density at radius 2 is 1.93 bits per heavy atom. The molecule has 1 amide bonds. The maximum atomic E-state index is 12.7. The number of aryl methyl sites for hydroxylation is 4. The van der Waals surface area contributed by atoms with Crippen LogP contribution in [0.2, 0.25) is 0 Å². The van der Waals surface area contributed by atoms with Crippen molar-refractivity contribution < 1.29 is 18.8 Å². The van der Waals surface area contributed by atoms with Gasteiger partial charge in [0.05, 0.1) is 18.4 Å². The second kappa shape index (κ2) is 7.99. The fourth-order valence-corrected chi connectivity index (χ4v) is 3.64. The van der Waals surface area contributed by atoms with E-state index in [0.717, 1.165) is 35.5 Å². The van der Waals surface area contributed by atoms with Crippen molar-refractivity contribution in [2.45, 2.75) is 39.7 Å². The minimum Gasteiger partial charge on any atom is -0.493 e. The summed E-state index contributed by atoms with van der Waals surface area (Å²) in [6, 6.07) is 11.3. The Labute approximate surface area is 169 Å². The van der Waals surface area contributed by atoms with Gasteiger partial charge in [0.15, 0.2) is 11.5 Å². The smallest absolute Gasteiger partial charge is 0.255 e. The summed E-state index contributed by atoms with van der Waals surface area (Å²) in [5.41, 5.74) is 5.73. The molecule has 0 aliphatic heterocycles. The third-order valence-corrected chi connectivity index (χ3v) is 5.34. The molecule has 1 aliphatic carbocycles. The lowest BCUT2D eigenvalue weighted by molar-refractivity contribution is 0.102. The lowest BCUT2D eigenvalue weighted by Gasteiger charge is -2.13. The number of methoxy groups -OCH3 is 1. The van der Waals surface area contributed by atoms with Crippen molar-refractivity contribution in [3.8, 4) is 11.5 Å². The molecule has 6 nitrogen and oxygen atoms in total. The van der Waals surface area contributed by atoms with E-state index >= 15 is 0 Å². The number of carbonyl (C=O) groups excluding carboxylic acids is 1. The molecule has 150 valence electrons. The fourth-order valence-electron chi connectivity index (χ4n) is 3.64. The van der Waals surface area contributed by atoms with Gasteiger partial charge < -0.3 is 19.3 Å². The predicted molar refractivity (Wildman–Crippen MR) is 110 cm³/mol. The SMILES string of the molecule is COc1cc(C(=O)Nc2ccc3c(c2)CCC3)ccc1OCc1c(C)noc1C. The average Bonchev–Trinajstić information content (AvgIpc) is 3.32. The number of benzene rings is 2. The number of amides is 1. The van der Waals surface area contributed by atoms with Crippen LogP contribution in [0.1, 0.15) is 44.9 Å². The molecule has 1 N–H and O–H groups in total. The minimum absolute atomic E-state index is 0.182. The van der Waals surface area contributed by atoms with Crippen LogP contribution >= 0.6 is 0 Å². The van der Waals surface area contributed by atoms with E-state index in [2.05, 4.69) is 22.6 Å². The van der Waals surface area contributed by atoms with Crippen molar-refractivity contribution in [2.24, 2.45) is 0 Å². The van der Waals surface area contributed by atoms with Gasteiger partial charge in [-0.2, -0.15) is 0 Å². The number of anilines is 1. The maximum absolute atomic E-state index is 12.7. The number of hydrogen-bond donors (Lipinski definition) is 1. The number of rotatable bonds is 6.